The van der Waals surface area contributed by atoms with E-state index in [1.54, 1.807) is 0 Å². The van der Waals surface area contributed by atoms with Crippen LogP contribution in [0.2, 0.25) is 0 Å². The third kappa shape index (κ3) is 5.26. The summed E-state index contributed by atoms with van der Waals surface area (Å²) in [6.07, 6.45) is 0. The zero-order valence-corrected chi connectivity index (χ0v) is 12.2. The summed E-state index contributed by atoms with van der Waals surface area (Å²) in [4.78, 5) is 0. The molecule has 0 spiro atoms. The number of hydrogen-bond acceptors (Lipinski definition) is 2. The van der Waals surface area contributed by atoms with Crippen molar-refractivity contribution in [1.82, 2.24) is 4.31 Å². The lowest BCUT2D eigenvalue weighted by atomic mass is 10.0. The van der Waals surface area contributed by atoms with Crippen LogP contribution in [-0.4, -0.2) is 20.1 Å². The van der Waals surface area contributed by atoms with Crippen molar-refractivity contribution in [2.75, 3.05) is 0 Å². The van der Waals surface area contributed by atoms with Crippen molar-refractivity contribution in [2.24, 2.45) is 0 Å². The van der Waals surface area contributed by atoms with Crippen LogP contribution in [0.5, 0.6) is 0 Å². The molecule has 0 aromatic rings. The molecule has 0 aliphatic rings. The molecule has 0 aromatic heterocycles. The van der Waals surface area contributed by atoms with Crippen molar-refractivity contribution in [3.63, 3.8) is 0 Å². The molecule has 14 heavy (non-hydrogen) atoms. The average molecular weight is 217 g/mol. The van der Waals surface area contributed by atoms with Gasteiger partial charge in [0.1, 0.15) is 0 Å². The van der Waals surface area contributed by atoms with E-state index >= 15 is 0 Å². The molecule has 0 fully saturated rings. The van der Waals surface area contributed by atoms with Crippen LogP contribution in [0.1, 0.15) is 62.3 Å². The second-order valence-electron chi connectivity index (χ2n) is 6.84. The van der Waals surface area contributed by atoms with Gasteiger partial charge in [-0.25, -0.2) is 4.31 Å². The summed E-state index contributed by atoms with van der Waals surface area (Å²) in [6.45, 7) is 20.4. The molecule has 0 rings (SSSR count). The van der Waals surface area contributed by atoms with Gasteiger partial charge in [-0.1, -0.05) is 11.9 Å². The van der Waals surface area contributed by atoms with Crippen LogP contribution in [-0.2, 0) is 0 Å². The molecule has 0 aliphatic heterocycles. The van der Waals surface area contributed by atoms with E-state index in [0.29, 0.717) is 0 Å². The molecule has 2 heteroatoms. The fourth-order valence-electron chi connectivity index (χ4n) is 1.55. The first-order chi connectivity index (χ1) is 5.84. The topological polar surface area (TPSA) is 3.24 Å². The minimum atomic E-state index is 0.205. The third-order valence-electron chi connectivity index (χ3n) is 1.58. The van der Waals surface area contributed by atoms with Crippen molar-refractivity contribution < 1.29 is 0 Å². The Morgan fingerprint density at radius 2 is 0.929 bits per heavy atom. The maximum atomic E-state index is 2.50. The van der Waals surface area contributed by atoms with E-state index in [4.69, 9.17) is 0 Å². The maximum Gasteiger partial charge on any atom is 0.0235 e. The van der Waals surface area contributed by atoms with Crippen LogP contribution in [0.15, 0.2) is 0 Å². The van der Waals surface area contributed by atoms with E-state index < -0.39 is 0 Å². The van der Waals surface area contributed by atoms with Crippen molar-refractivity contribution in [2.45, 2.75) is 78.1 Å². The maximum absolute atomic E-state index is 2.50. The summed E-state index contributed by atoms with van der Waals surface area (Å²) < 4.78 is 2.78. The quantitative estimate of drug-likeness (QED) is 0.601. The lowest BCUT2D eigenvalue weighted by Gasteiger charge is -2.47. The summed E-state index contributed by atoms with van der Waals surface area (Å²) >= 11 is 1.95. The van der Waals surface area contributed by atoms with Crippen LogP contribution in [0.4, 0.5) is 0 Å². The number of rotatable bonds is 1. The average Bonchev–Trinajstić information content (AvgIpc) is 1.75. The molecular weight excluding hydrogens is 190 g/mol. The van der Waals surface area contributed by atoms with Gasteiger partial charge in [-0.15, -0.1) is 0 Å². The van der Waals surface area contributed by atoms with Gasteiger partial charge in [0.25, 0.3) is 0 Å². The van der Waals surface area contributed by atoms with Crippen LogP contribution in [0.3, 0.4) is 0 Å². The first kappa shape index (κ1) is 14.3. The Morgan fingerprint density at radius 1 is 0.643 bits per heavy atom. The molecule has 0 saturated heterocycles. The van der Waals surface area contributed by atoms with Gasteiger partial charge in [-0.05, 0) is 62.3 Å². The number of nitrogens with zero attached hydrogens (tertiary/aromatic N) is 1. The fourth-order valence-corrected chi connectivity index (χ4v) is 2.65. The summed E-state index contributed by atoms with van der Waals surface area (Å²) in [5.41, 5.74) is 0.409. The van der Waals surface area contributed by atoms with E-state index in [2.05, 4.69) is 66.6 Å². The minimum Gasteiger partial charge on any atom is -0.240 e. The molecule has 86 valence electrons. The minimum absolute atomic E-state index is 0.205. The van der Waals surface area contributed by atoms with Crippen LogP contribution in [0, 0.1) is 0 Å². The zero-order valence-electron chi connectivity index (χ0n) is 11.4. The van der Waals surface area contributed by atoms with Crippen molar-refractivity contribution in [1.29, 1.82) is 0 Å². The van der Waals surface area contributed by atoms with E-state index in [0.717, 1.165) is 0 Å². The van der Waals surface area contributed by atoms with E-state index in [9.17, 15) is 0 Å². The SMILES string of the molecule is CC(C)(C)SN(C(C)(C)C)C(C)(C)C. The van der Waals surface area contributed by atoms with Crippen LogP contribution >= 0.6 is 11.9 Å². The highest BCUT2D eigenvalue weighted by Gasteiger charge is 2.35. The first-order valence-corrected chi connectivity index (χ1v) is 6.11. The van der Waals surface area contributed by atoms with Crippen molar-refractivity contribution in [3.8, 4) is 0 Å². The van der Waals surface area contributed by atoms with Crippen LogP contribution in [0.25, 0.3) is 0 Å². The molecule has 0 bridgehead atoms. The zero-order chi connectivity index (χ0) is 11.8. The van der Waals surface area contributed by atoms with Gasteiger partial charge in [0.15, 0.2) is 0 Å². The molecule has 1 nitrogen and oxygen atoms in total. The Balaban J connectivity index is 4.78. The van der Waals surface area contributed by atoms with Gasteiger partial charge in [0, 0.05) is 15.8 Å². The largest absolute Gasteiger partial charge is 0.240 e. The standard InChI is InChI=1S/C12H27NS/c1-10(2,3)13(11(4,5)6)14-12(7,8)9/h1-9H3. The summed E-state index contributed by atoms with van der Waals surface area (Å²) in [6, 6.07) is 0. The molecule has 0 N–H and O–H groups in total. The Morgan fingerprint density at radius 3 is 1.00 bits per heavy atom. The first-order valence-electron chi connectivity index (χ1n) is 5.33. The molecule has 0 atom stereocenters. The molecule has 0 unspecified atom stereocenters. The highest BCUT2D eigenvalue weighted by molar-refractivity contribution is 7.98. The number of hydrogen-bond donors (Lipinski definition) is 0. The predicted molar refractivity (Wildman–Crippen MR) is 68.7 cm³/mol. The van der Waals surface area contributed by atoms with Gasteiger partial charge >= 0.3 is 0 Å². The molecule has 0 amide bonds. The normalized spacial score (nSPS) is 15.0. The highest BCUT2D eigenvalue weighted by Crippen LogP contribution is 2.39. The molecular formula is C12H27NS. The second kappa shape index (κ2) is 4.05. The van der Waals surface area contributed by atoms with Gasteiger partial charge < -0.3 is 0 Å². The highest BCUT2D eigenvalue weighted by atomic mass is 32.2. The van der Waals surface area contributed by atoms with Gasteiger partial charge in [0.2, 0.25) is 0 Å². The Kier molecular flexibility index (Phi) is 4.14. The second-order valence-corrected chi connectivity index (χ2v) is 8.61. The summed E-state index contributed by atoms with van der Waals surface area (Å²) in [5.74, 6) is 0. The Bertz CT molecular complexity index is 164. The molecule has 0 aliphatic carbocycles. The monoisotopic (exact) mass is 217 g/mol. The van der Waals surface area contributed by atoms with E-state index in [1.807, 2.05) is 11.9 Å². The summed E-state index contributed by atoms with van der Waals surface area (Å²) in [7, 11) is 0. The Hall–Kier alpha value is 0.310. The van der Waals surface area contributed by atoms with Gasteiger partial charge in [-0.3, -0.25) is 0 Å². The lowest BCUT2D eigenvalue weighted by molar-refractivity contribution is 0.155. The summed E-state index contributed by atoms with van der Waals surface area (Å²) in [5, 5.41) is 0. The molecule has 0 aromatic carbocycles. The fraction of sp³-hybridized carbons (Fsp3) is 1.00. The smallest absolute Gasteiger partial charge is 0.0235 e. The molecule has 0 radical (unpaired) electrons. The Labute approximate surface area is 94.8 Å². The van der Waals surface area contributed by atoms with E-state index in [1.165, 1.54) is 0 Å². The van der Waals surface area contributed by atoms with Crippen molar-refractivity contribution in [3.05, 3.63) is 0 Å². The van der Waals surface area contributed by atoms with Gasteiger partial charge in [-0.2, -0.15) is 0 Å². The lowest BCUT2D eigenvalue weighted by Crippen LogP contribution is -2.49. The third-order valence-corrected chi connectivity index (χ3v) is 3.41. The predicted octanol–water partition coefficient (Wildman–Crippen LogP) is 4.33. The van der Waals surface area contributed by atoms with Gasteiger partial charge in [0.05, 0.1) is 0 Å². The van der Waals surface area contributed by atoms with Crippen LogP contribution < -0.4 is 0 Å². The van der Waals surface area contributed by atoms with Crippen molar-refractivity contribution >= 4 is 11.9 Å². The molecule has 0 heterocycles. The van der Waals surface area contributed by atoms with E-state index in [-0.39, 0.29) is 15.8 Å². The molecule has 0 saturated carbocycles.